The van der Waals surface area contributed by atoms with E-state index < -0.39 is 0 Å². The number of fused-ring (bicyclic) bond motifs is 2. The van der Waals surface area contributed by atoms with E-state index in [2.05, 4.69) is 89.9 Å². The zero-order valence-electron chi connectivity index (χ0n) is 15.1. The van der Waals surface area contributed by atoms with Crippen LogP contribution in [-0.2, 0) is 0 Å². The molecule has 0 unspecified atom stereocenters. The third-order valence-corrected chi connectivity index (χ3v) is 4.94. The largest absolute Gasteiger partial charge is 0.233 e. The SMILES string of the molecule is Cc1nc(-c2ccc(-c3ccccc3)cc2)c2cc3ccccc3cc2n1. The molecule has 0 saturated heterocycles. The van der Waals surface area contributed by atoms with Gasteiger partial charge in [0.2, 0.25) is 0 Å². The Balaban J connectivity index is 1.69. The summed E-state index contributed by atoms with van der Waals surface area (Å²) in [5.74, 6) is 0.792. The molecule has 5 rings (SSSR count). The molecule has 27 heavy (non-hydrogen) atoms. The van der Waals surface area contributed by atoms with Crippen molar-refractivity contribution in [2.24, 2.45) is 0 Å². The van der Waals surface area contributed by atoms with Crippen LogP contribution < -0.4 is 0 Å². The van der Waals surface area contributed by atoms with Crippen molar-refractivity contribution in [3.63, 3.8) is 0 Å². The molecule has 1 aromatic heterocycles. The molecule has 2 nitrogen and oxygen atoms in total. The summed E-state index contributed by atoms with van der Waals surface area (Å²) in [7, 11) is 0. The molecule has 4 aromatic carbocycles. The van der Waals surface area contributed by atoms with Gasteiger partial charge in [0, 0.05) is 10.9 Å². The minimum Gasteiger partial charge on any atom is -0.233 e. The van der Waals surface area contributed by atoms with E-state index in [1.165, 1.54) is 21.9 Å². The normalized spacial score (nSPS) is 11.1. The van der Waals surface area contributed by atoms with E-state index in [9.17, 15) is 0 Å². The van der Waals surface area contributed by atoms with Crippen molar-refractivity contribution in [2.75, 3.05) is 0 Å². The Morgan fingerprint density at radius 3 is 1.89 bits per heavy atom. The Bertz CT molecular complexity index is 1260. The van der Waals surface area contributed by atoms with Crippen molar-refractivity contribution in [3.05, 3.63) is 96.8 Å². The molecule has 0 radical (unpaired) electrons. The maximum absolute atomic E-state index is 4.77. The lowest BCUT2D eigenvalue weighted by atomic mass is 9.99. The molecule has 0 spiro atoms. The summed E-state index contributed by atoms with van der Waals surface area (Å²) in [6.45, 7) is 1.95. The summed E-state index contributed by atoms with van der Waals surface area (Å²) < 4.78 is 0. The van der Waals surface area contributed by atoms with Gasteiger partial charge in [-0.25, -0.2) is 9.97 Å². The fourth-order valence-corrected chi connectivity index (χ4v) is 3.60. The molecular weight excluding hydrogens is 328 g/mol. The van der Waals surface area contributed by atoms with Crippen molar-refractivity contribution >= 4 is 21.7 Å². The smallest absolute Gasteiger partial charge is 0.126 e. The predicted molar refractivity (Wildman–Crippen MR) is 113 cm³/mol. The Morgan fingerprint density at radius 2 is 1.15 bits per heavy atom. The molecule has 0 atom stereocenters. The third-order valence-electron chi connectivity index (χ3n) is 4.94. The van der Waals surface area contributed by atoms with Crippen LogP contribution in [0, 0.1) is 6.92 Å². The van der Waals surface area contributed by atoms with Crippen LogP contribution in [-0.4, -0.2) is 9.97 Å². The highest BCUT2D eigenvalue weighted by atomic mass is 14.9. The molecule has 1 heterocycles. The Hall–Kier alpha value is -3.52. The molecule has 0 saturated carbocycles. The maximum atomic E-state index is 4.77. The van der Waals surface area contributed by atoms with Crippen LogP contribution in [0.1, 0.15) is 5.82 Å². The predicted octanol–water partition coefficient (Wildman–Crippen LogP) is 6.43. The van der Waals surface area contributed by atoms with Crippen molar-refractivity contribution in [1.82, 2.24) is 9.97 Å². The van der Waals surface area contributed by atoms with E-state index in [0.717, 1.165) is 28.0 Å². The fraction of sp³-hybridized carbons (Fsp3) is 0.0400. The molecule has 0 bridgehead atoms. The average Bonchev–Trinajstić information content (AvgIpc) is 2.72. The van der Waals surface area contributed by atoms with Crippen LogP contribution in [0.3, 0.4) is 0 Å². The summed E-state index contributed by atoms with van der Waals surface area (Å²) in [6, 6.07) is 31.8. The van der Waals surface area contributed by atoms with Crippen LogP contribution in [0.15, 0.2) is 91.0 Å². The molecule has 0 aliphatic carbocycles. The van der Waals surface area contributed by atoms with Gasteiger partial charge in [-0.3, -0.25) is 0 Å². The third kappa shape index (κ3) is 2.85. The zero-order valence-corrected chi connectivity index (χ0v) is 15.1. The Kier molecular flexibility index (Phi) is 3.68. The Labute approximate surface area is 158 Å². The first-order chi connectivity index (χ1) is 13.3. The molecule has 0 aliphatic rings. The van der Waals surface area contributed by atoms with E-state index in [1.807, 2.05) is 13.0 Å². The zero-order chi connectivity index (χ0) is 18.2. The lowest BCUT2D eigenvalue weighted by Crippen LogP contribution is -1.94. The van der Waals surface area contributed by atoms with Gasteiger partial charge in [-0.05, 0) is 41.0 Å². The summed E-state index contributed by atoms with van der Waals surface area (Å²) in [5, 5.41) is 3.50. The summed E-state index contributed by atoms with van der Waals surface area (Å²) in [6.07, 6.45) is 0. The average molecular weight is 346 g/mol. The molecule has 0 N–H and O–H groups in total. The lowest BCUT2D eigenvalue weighted by molar-refractivity contribution is 1.10. The van der Waals surface area contributed by atoms with Crippen molar-refractivity contribution in [1.29, 1.82) is 0 Å². The highest BCUT2D eigenvalue weighted by Crippen LogP contribution is 2.31. The topological polar surface area (TPSA) is 25.8 Å². The van der Waals surface area contributed by atoms with Crippen LogP contribution in [0.2, 0.25) is 0 Å². The minimum atomic E-state index is 0.792. The van der Waals surface area contributed by atoms with Gasteiger partial charge in [-0.2, -0.15) is 0 Å². The first-order valence-electron chi connectivity index (χ1n) is 9.11. The van der Waals surface area contributed by atoms with Crippen LogP contribution in [0.4, 0.5) is 0 Å². The molecule has 5 aromatic rings. The maximum Gasteiger partial charge on any atom is 0.126 e. The molecule has 0 aliphatic heterocycles. The molecule has 0 fully saturated rings. The van der Waals surface area contributed by atoms with E-state index in [0.29, 0.717) is 0 Å². The van der Waals surface area contributed by atoms with Crippen LogP contribution in [0.5, 0.6) is 0 Å². The van der Waals surface area contributed by atoms with Gasteiger partial charge in [0.05, 0.1) is 11.2 Å². The standard InChI is InChI=1S/C25H18N2/c1-17-26-24-16-22-10-6-5-9-21(22)15-23(24)25(27-17)20-13-11-19(12-14-20)18-7-3-2-4-8-18/h2-16H,1H3. The molecule has 128 valence electrons. The van der Waals surface area contributed by atoms with Gasteiger partial charge < -0.3 is 0 Å². The van der Waals surface area contributed by atoms with Gasteiger partial charge in [0.1, 0.15) is 5.82 Å². The van der Waals surface area contributed by atoms with E-state index in [1.54, 1.807) is 0 Å². The second kappa shape index (κ2) is 6.33. The highest BCUT2D eigenvalue weighted by Gasteiger charge is 2.10. The lowest BCUT2D eigenvalue weighted by Gasteiger charge is -2.10. The fourth-order valence-electron chi connectivity index (χ4n) is 3.60. The molecular formula is C25H18N2. The second-order valence-electron chi connectivity index (χ2n) is 6.78. The second-order valence-corrected chi connectivity index (χ2v) is 6.78. The summed E-state index contributed by atoms with van der Waals surface area (Å²) in [5.41, 5.74) is 5.52. The highest BCUT2D eigenvalue weighted by molar-refractivity contribution is 6.02. The number of aromatic nitrogens is 2. The number of hydrogen-bond acceptors (Lipinski definition) is 2. The quantitative estimate of drug-likeness (QED) is 0.344. The summed E-state index contributed by atoms with van der Waals surface area (Å²) >= 11 is 0. The number of hydrogen-bond donors (Lipinski definition) is 0. The summed E-state index contributed by atoms with van der Waals surface area (Å²) in [4.78, 5) is 9.44. The monoisotopic (exact) mass is 346 g/mol. The number of nitrogens with zero attached hydrogens (tertiary/aromatic N) is 2. The molecule has 0 amide bonds. The van der Waals surface area contributed by atoms with E-state index in [-0.39, 0.29) is 0 Å². The van der Waals surface area contributed by atoms with Crippen molar-refractivity contribution < 1.29 is 0 Å². The Morgan fingerprint density at radius 1 is 0.556 bits per heavy atom. The molecule has 2 heteroatoms. The number of aryl methyl sites for hydroxylation is 1. The van der Waals surface area contributed by atoms with Crippen LogP contribution in [0.25, 0.3) is 44.1 Å². The van der Waals surface area contributed by atoms with Crippen molar-refractivity contribution in [2.45, 2.75) is 6.92 Å². The first-order valence-corrected chi connectivity index (χ1v) is 9.11. The van der Waals surface area contributed by atoms with Gasteiger partial charge >= 0.3 is 0 Å². The number of benzene rings is 4. The van der Waals surface area contributed by atoms with Crippen LogP contribution >= 0.6 is 0 Å². The van der Waals surface area contributed by atoms with E-state index >= 15 is 0 Å². The van der Waals surface area contributed by atoms with Gasteiger partial charge in [0.25, 0.3) is 0 Å². The van der Waals surface area contributed by atoms with Gasteiger partial charge in [-0.15, -0.1) is 0 Å². The van der Waals surface area contributed by atoms with E-state index in [4.69, 9.17) is 4.98 Å². The van der Waals surface area contributed by atoms with Crippen molar-refractivity contribution in [3.8, 4) is 22.4 Å². The van der Waals surface area contributed by atoms with Gasteiger partial charge in [-0.1, -0.05) is 78.9 Å². The van der Waals surface area contributed by atoms with Gasteiger partial charge in [0.15, 0.2) is 0 Å². The first kappa shape index (κ1) is 15.7. The number of rotatable bonds is 2. The minimum absolute atomic E-state index is 0.792.